The molecule has 0 aliphatic carbocycles. The third-order valence-electron chi connectivity index (χ3n) is 9.21. The molecule has 278 valence electrons. The summed E-state index contributed by atoms with van der Waals surface area (Å²) in [6.07, 6.45) is 4.62. The van der Waals surface area contributed by atoms with Crippen molar-refractivity contribution in [1.82, 2.24) is 41.0 Å². The van der Waals surface area contributed by atoms with Crippen LogP contribution in [0.2, 0.25) is 0 Å². The normalized spacial score (nSPS) is 24.2. The number of likely N-dealkylation sites (tertiary alicyclic amines) is 1. The summed E-state index contributed by atoms with van der Waals surface area (Å²) in [5.74, 6) is -3.05. The number of nitrogens with one attached hydrogen (secondary N) is 4. The molecule has 2 aliphatic heterocycles. The molecular weight excluding hydrogens is 673 g/mol. The second kappa shape index (κ2) is 18.7. The second-order valence-corrected chi connectivity index (χ2v) is 14.7. The van der Waals surface area contributed by atoms with E-state index >= 15 is 0 Å². The van der Waals surface area contributed by atoms with Crippen LogP contribution in [0.5, 0.6) is 0 Å². The number of carbonyl (C=O) groups is 6. The molecule has 1 fully saturated rings. The lowest BCUT2D eigenvalue weighted by molar-refractivity contribution is -0.139. The Balaban J connectivity index is 1.64. The van der Waals surface area contributed by atoms with Gasteiger partial charge in [0.1, 0.15) is 28.8 Å². The fraction of sp³-hybridized carbons (Fsp3) is 0.583. The highest BCUT2D eigenvalue weighted by Gasteiger charge is 2.31. The largest absolute Gasteiger partial charge is 0.345 e. The Kier molecular flexibility index (Phi) is 14.5. The van der Waals surface area contributed by atoms with E-state index in [9.17, 15) is 28.8 Å². The molecule has 4 N–H and O–H groups in total. The van der Waals surface area contributed by atoms with Gasteiger partial charge in [0.2, 0.25) is 29.5 Å². The summed E-state index contributed by atoms with van der Waals surface area (Å²) in [5.41, 5.74) is 1.02. The quantitative estimate of drug-likeness (QED) is 0.359. The average molecular weight is 725 g/mol. The zero-order valence-corrected chi connectivity index (χ0v) is 31.1. The molecule has 1 aromatic heterocycles. The summed E-state index contributed by atoms with van der Waals surface area (Å²) >= 11 is 1.21. The fourth-order valence-electron chi connectivity index (χ4n) is 6.12. The maximum atomic E-state index is 13.8. The van der Waals surface area contributed by atoms with Crippen molar-refractivity contribution in [3.63, 3.8) is 0 Å². The molecule has 0 unspecified atom stereocenters. The third kappa shape index (κ3) is 11.6. The van der Waals surface area contributed by atoms with E-state index in [1.807, 2.05) is 30.3 Å². The van der Waals surface area contributed by atoms with Crippen molar-refractivity contribution in [3.05, 3.63) is 52.0 Å². The van der Waals surface area contributed by atoms with Crippen LogP contribution in [0.4, 0.5) is 0 Å². The van der Waals surface area contributed by atoms with Gasteiger partial charge in [-0.25, -0.2) is 4.98 Å². The van der Waals surface area contributed by atoms with E-state index in [2.05, 4.69) is 31.2 Å². The van der Waals surface area contributed by atoms with Gasteiger partial charge in [0, 0.05) is 25.5 Å². The fourth-order valence-corrected chi connectivity index (χ4v) is 6.97. The van der Waals surface area contributed by atoms with Crippen molar-refractivity contribution in [3.8, 4) is 0 Å². The van der Waals surface area contributed by atoms with Gasteiger partial charge in [-0.2, -0.15) is 0 Å². The second-order valence-electron chi connectivity index (χ2n) is 13.8. The number of likely N-dealkylation sites (N-methyl/N-ethyl adjacent to an activating group) is 1. The number of nitrogens with zero attached hydrogens (tertiary/aromatic N) is 4. The van der Waals surface area contributed by atoms with E-state index < -0.39 is 53.7 Å². The van der Waals surface area contributed by atoms with Crippen LogP contribution in [-0.4, -0.2) is 120 Å². The van der Waals surface area contributed by atoms with Gasteiger partial charge >= 0.3 is 0 Å². The predicted octanol–water partition coefficient (Wildman–Crippen LogP) is 1.48. The summed E-state index contributed by atoms with van der Waals surface area (Å²) in [6, 6.07) is 6.03. The summed E-state index contributed by atoms with van der Waals surface area (Å²) in [4.78, 5) is 90.1. The van der Waals surface area contributed by atoms with E-state index in [1.165, 1.54) is 28.1 Å². The van der Waals surface area contributed by atoms with Gasteiger partial charge in [-0.1, -0.05) is 57.0 Å². The Labute approximate surface area is 304 Å². The zero-order chi connectivity index (χ0) is 37.1. The molecule has 2 aliphatic rings. The molecule has 1 saturated heterocycles. The molecule has 4 rings (SSSR count). The van der Waals surface area contributed by atoms with Crippen molar-refractivity contribution < 1.29 is 28.8 Å². The maximum Gasteiger partial charge on any atom is 0.271 e. The highest BCUT2D eigenvalue weighted by atomic mass is 32.1. The monoisotopic (exact) mass is 724 g/mol. The first-order chi connectivity index (χ1) is 24.3. The van der Waals surface area contributed by atoms with Crippen molar-refractivity contribution >= 4 is 46.8 Å². The molecule has 0 saturated carbocycles. The number of amides is 6. The van der Waals surface area contributed by atoms with Gasteiger partial charge in [0.05, 0.1) is 19.1 Å². The summed E-state index contributed by atoms with van der Waals surface area (Å²) in [6.45, 7) is 8.33. The minimum atomic E-state index is -1.01. The van der Waals surface area contributed by atoms with Crippen molar-refractivity contribution in [2.75, 3.05) is 46.3 Å². The lowest BCUT2D eigenvalue weighted by Crippen LogP contribution is -2.57. The van der Waals surface area contributed by atoms with Crippen LogP contribution in [0.25, 0.3) is 0 Å². The number of fused-ring (bicyclic) bond motifs is 2. The molecule has 0 spiro atoms. The van der Waals surface area contributed by atoms with E-state index in [0.29, 0.717) is 11.4 Å². The topological polar surface area (TPSA) is 173 Å². The number of carbonyl (C=O) groups excluding carboxylic acids is 6. The molecule has 14 nitrogen and oxygen atoms in total. The van der Waals surface area contributed by atoms with Crippen LogP contribution in [0.1, 0.15) is 80.5 Å². The maximum absolute atomic E-state index is 13.8. The summed E-state index contributed by atoms with van der Waals surface area (Å²) in [7, 11) is 1.58. The minimum absolute atomic E-state index is 0.0793. The summed E-state index contributed by atoms with van der Waals surface area (Å²) < 4.78 is 0. The van der Waals surface area contributed by atoms with Crippen LogP contribution in [0.15, 0.2) is 35.7 Å². The number of thiazole rings is 1. The smallest absolute Gasteiger partial charge is 0.271 e. The highest BCUT2D eigenvalue weighted by molar-refractivity contribution is 7.09. The van der Waals surface area contributed by atoms with Gasteiger partial charge in [0.15, 0.2) is 0 Å². The van der Waals surface area contributed by atoms with Gasteiger partial charge in [-0.3, -0.25) is 33.7 Å². The van der Waals surface area contributed by atoms with Crippen molar-refractivity contribution in [2.24, 2.45) is 5.92 Å². The molecule has 0 radical (unpaired) electrons. The lowest BCUT2D eigenvalue weighted by Gasteiger charge is -2.30. The standard InChI is InChI=1S/C36H52N8O6S/c1-23(2)31-34(49)38-25(4)36(50)42(5)17-18-44(30(46)21-43-15-11-6-7-12-16-43)20-29(45)39-27(19-26-13-9-8-10-14-26)35-40-28(22-51-35)33(48)37-24(3)32(47)41-31/h8-10,13-14,22-25,27,31H,6-7,11-12,15-21H2,1-5H3,(H,37,48)(H,38,49)(H,39,45)(H,41,47)/t24-,25+,27-,31-/m0/s1. The van der Waals surface area contributed by atoms with E-state index in [4.69, 9.17) is 0 Å². The zero-order valence-electron chi connectivity index (χ0n) is 30.3. The molecular formula is C36H52N8O6S. The van der Waals surface area contributed by atoms with Gasteiger partial charge < -0.3 is 31.1 Å². The molecule has 51 heavy (non-hydrogen) atoms. The van der Waals surface area contributed by atoms with Crippen molar-refractivity contribution in [2.45, 2.75) is 84.0 Å². The minimum Gasteiger partial charge on any atom is -0.345 e. The van der Waals surface area contributed by atoms with Crippen LogP contribution in [0.3, 0.4) is 0 Å². The number of aromatic nitrogens is 1. The van der Waals surface area contributed by atoms with Crippen LogP contribution < -0.4 is 21.3 Å². The molecule has 2 aromatic rings. The molecule has 4 atom stereocenters. The molecule has 6 amide bonds. The Morgan fingerprint density at radius 2 is 1.55 bits per heavy atom. The van der Waals surface area contributed by atoms with E-state index in [0.717, 1.165) is 44.3 Å². The van der Waals surface area contributed by atoms with Crippen molar-refractivity contribution in [1.29, 1.82) is 0 Å². The van der Waals surface area contributed by atoms with E-state index in [-0.39, 0.29) is 43.7 Å². The van der Waals surface area contributed by atoms with Crippen LogP contribution in [-0.2, 0) is 30.4 Å². The number of hydrogen-bond donors (Lipinski definition) is 4. The van der Waals surface area contributed by atoms with Crippen LogP contribution in [0, 0.1) is 5.92 Å². The third-order valence-corrected chi connectivity index (χ3v) is 10.2. The average Bonchev–Trinajstić information content (AvgIpc) is 3.46. The SMILES string of the molecule is CC(C)[C@@H]1NC(=O)[C@H](C)NC(=O)c2csc(n2)[C@H](Cc2ccccc2)NC(=O)CN(C(=O)CN2CCCCCC2)CCN(C)C(=O)[C@@H](C)NC1=O. The molecule has 15 heteroatoms. The lowest BCUT2D eigenvalue weighted by atomic mass is 10.0. The Bertz CT molecular complexity index is 1530. The Morgan fingerprint density at radius 1 is 0.863 bits per heavy atom. The molecule has 2 bridgehead atoms. The molecule has 1 aromatic carbocycles. The first kappa shape index (κ1) is 39.4. The van der Waals surface area contributed by atoms with E-state index in [1.54, 1.807) is 33.2 Å². The Morgan fingerprint density at radius 3 is 2.22 bits per heavy atom. The number of rotatable bonds is 5. The van der Waals surface area contributed by atoms with Gasteiger partial charge in [0.25, 0.3) is 5.91 Å². The highest BCUT2D eigenvalue weighted by Crippen LogP contribution is 2.23. The van der Waals surface area contributed by atoms with Gasteiger partial charge in [-0.05, 0) is 57.7 Å². The Hall–Kier alpha value is -4.37. The number of benzene rings is 1. The first-order valence-electron chi connectivity index (χ1n) is 17.8. The predicted molar refractivity (Wildman–Crippen MR) is 194 cm³/mol. The van der Waals surface area contributed by atoms with Crippen LogP contribution >= 0.6 is 11.3 Å². The number of hydrogen-bond acceptors (Lipinski definition) is 9. The van der Waals surface area contributed by atoms with Gasteiger partial charge in [-0.15, -0.1) is 11.3 Å². The summed E-state index contributed by atoms with van der Waals surface area (Å²) in [5, 5.41) is 13.2. The molecule has 3 heterocycles. The first-order valence-corrected chi connectivity index (χ1v) is 18.7.